The first-order valence-electron chi connectivity index (χ1n) is 13.5. The van der Waals surface area contributed by atoms with E-state index in [0.29, 0.717) is 6.54 Å². The first-order chi connectivity index (χ1) is 18.6. The number of nitrogens with one attached hydrogen (secondary N) is 2. The molecule has 0 fully saturated rings. The van der Waals surface area contributed by atoms with Crippen LogP contribution in [0.5, 0.6) is 0 Å². The van der Waals surface area contributed by atoms with E-state index in [1.165, 1.54) is 38.5 Å². The molecule has 40 heavy (non-hydrogen) atoms. The normalized spacial score (nSPS) is 13.2. The molecule has 0 saturated carbocycles. The summed E-state index contributed by atoms with van der Waals surface area (Å²) in [5, 5.41) is 30.3. The number of aliphatic carboxylic acids is 3. The second-order valence-electron chi connectivity index (χ2n) is 9.40. The van der Waals surface area contributed by atoms with Crippen molar-refractivity contribution in [3.05, 3.63) is 0 Å². The SMILES string of the molecule is CCCCCCCCCCCNC(=O)[C@H](N)CCC(=O)NC(CCCC(N)C(=O)O)C(=O)O.O=C(O)C(F)(F)F. The van der Waals surface area contributed by atoms with Crippen LogP contribution in [0, 0.1) is 0 Å². The number of carboxylic acids is 3. The second-order valence-corrected chi connectivity index (χ2v) is 9.40. The fourth-order valence-corrected chi connectivity index (χ4v) is 3.39. The zero-order valence-electron chi connectivity index (χ0n) is 23.0. The van der Waals surface area contributed by atoms with E-state index in [-0.39, 0.29) is 38.0 Å². The molecular weight excluding hydrogens is 541 g/mol. The third kappa shape index (κ3) is 23.0. The molecule has 12 nitrogen and oxygen atoms in total. The lowest BCUT2D eigenvalue weighted by atomic mass is 10.1. The van der Waals surface area contributed by atoms with Gasteiger partial charge in [0.2, 0.25) is 11.8 Å². The van der Waals surface area contributed by atoms with Gasteiger partial charge in [-0.15, -0.1) is 0 Å². The summed E-state index contributed by atoms with van der Waals surface area (Å²) in [6.07, 6.45) is 6.09. The summed E-state index contributed by atoms with van der Waals surface area (Å²) in [5.41, 5.74) is 11.2. The Kier molecular flexibility index (Phi) is 22.4. The average molecular weight is 587 g/mol. The van der Waals surface area contributed by atoms with Gasteiger partial charge in [-0.25, -0.2) is 9.59 Å². The fourth-order valence-electron chi connectivity index (χ4n) is 3.39. The minimum Gasteiger partial charge on any atom is -0.480 e. The maximum absolute atomic E-state index is 12.1. The van der Waals surface area contributed by atoms with E-state index in [0.717, 1.165) is 19.3 Å². The summed E-state index contributed by atoms with van der Waals surface area (Å²) in [5.74, 6) is -5.97. The van der Waals surface area contributed by atoms with Gasteiger partial charge in [0, 0.05) is 13.0 Å². The number of hydrogen-bond donors (Lipinski definition) is 7. The van der Waals surface area contributed by atoms with E-state index in [2.05, 4.69) is 17.6 Å². The minimum absolute atomic E-state index is 0.0628. The van der Waals surface area contributed by atoms with Crippen LogP contribution in [0.4, 0.5) is 13.2 Å². The van der Waals surface area contributed by atoms with Gasteiger partial charge in [0.15, 0.2) is 0 Å². The quantitative estimate of drug-likeness (QED) is 0.0973. The third-order valence-electron chi connectivity index (χ3n) is 5.80. The molecule has 0 aliphatic carbocycles. The largest absolute Gasteiger partial charge is 0.490 e. The molecule has 0 aromatic carbocycles. The molecule has 234 valence electrons. The van der Waals surface area contributed by atoms with E-state index in [1.807, 2.05) is 0 Å². The molecule has 9 N–H and O–H groups in total. The van der Waals surface area contributed by atoms with Gasteiger partial charge in [-0.3, -0.25) is 14.4 Å². The van der Waals surface area contributed by atoms with Gasteiger partial charge in [0.1, 0.15) is 12.1 Å². The number of unbranched alkanes of at least 4 members (excludes halogenated alkanes) is 8. The van der Waals surface area contributed by atoms with Crippen molar-refractivity contribution in [1.29, 1.82) is 0 Å². The van der Waals surface area contributed by atoms with Crippen molar-refractivity contribution in [1.82, 2.24) is 10.6 Å². The van der Waals surface area contributed by atoms with E-state index in [9.17, 15) is 37.5 Å². The lowest BCUT2D eigenvalue weighted by Crippen LogP contribution is -2.44. The Morgan fingerprint density at radius 1 is 0.725 bits per heavy atom. The number of carbonyl (C=O) groups is 5. The zero-order valence-corrected chi connectivity index (χ0v) is 23.0. The van der Waals surface area contributed by atoms with Crippen molar-refractivity contribution < 1.29 is 52.5 Å². The number of hydrogen-bond acceptors (Lipinski definition) is 7. The lowest BCUT2D eigenvalue weighted by molar-refractivity contribution is -0.192. The number of carbonyl (C=O) groups excluding carboxylic acids is 2. The van der Waals surface area contributed by atoms with Gasteiger partial charge in [0.25, 0.3) is 0 Å². The van der Waals surface area contributed by atoms with E-state index in [4.69, 9.17) is 26.5 Å². The predicted molar refractivity (Wildman–Crippen MR) is 140 cm³/mol. The molecule has 0 aliphatic rings. The molecule has 0 aliphatic heterocycles. The molecule has 2 amide bonds. The number of alkyl halides is 3. The standard InChI is InChI=1S/C23H44N4O6.C2HF3O2/c1-2-3-4-5-6-7-8-9-10-16-26-21(29)17(24)14-15-20(28)27-19(23(32)33)13-11-12-18(25)22(30)31;3-2(4,5)1(6)7/h17-19H,2-16,24-25H2,1H3,(H,26,29)(H,27,28)(H,30,31)(H,32,33);(H,6,7)/t17-,18?,19?;/m1./s1. The minimum atomic E-state index is -5.08. The van der Waals surface area contributed by atoms with Gasteiger partial charge in [-0.1, -0.05) is 58.3 Å². The number of rotatable bonds is 21. The van der Waals surface area contributed by atoms with Gasteiger partial charge in [-0.2, -0.15) is 13.2 Å². The van der Waals surface area contributed by atoms with E-state index < -0.39 is 48.1 Å². The maximum atomic E-state index is 12.1. The van der Waals surface area contributed by atoms with E-state index >= 15 is 0 Å². The fraction of sp³-hybridized carbons (Fsp3) is 0.800. The highest BCUT2D eigenvalue weighted by Crippen LogP contribution is 2.13. The molecule has 0 rings (SSSR count). The topological polar surface area (TPSA) is 222 Å². The van der Waals surface area contributed by atoms with Crippen LogP contribution in [0.25, 0.3) is 0 Å². The molecule has 0 bridgehead atoms. The summed E-state index contributed by atoms with van der Waals surface area (Å²) < 4.78 is 31.7. The highest BCUT2D eigenvalue weighted by Gasteiger charge is 2.38. The van der Waals surface area contributed by atoms with Crippen molar-refractivity contribution in [2.75, 3.05) is 6.54 Å². The second kappa shape index (κ2) is 22.8. The van der Waals surface area contributed by atoms with Crippen LogP contribution in [0.2, 0.25) is 0 Å². The molecule has 3 atom stereocenters. The summed E-state index contributed by atoms with van der Waals surface area (Å²) in [6.45, 7) is 2.75. The molecule has 0 aromatic rings. The van der Waals surface area contributed by atoms with Gasteiger partial charge >= 0.3 is 24.1 Å². The van der Waals surface area contributed by atoms with Crippen LogP contribution in [-0.2, 0) is 24.0 Å². The number of nitrogens with two attached hydrogens (primary N) is 2. The van der Waals surface area contributed by atoms with Crippen LogP contribution in [0.3, 0.4) is 0 Å². The van der Waals surface area contributed by atoms with Crippen molar-refractivity contribution in [3.8, 4) is 0 Å². The van der Waals surface area contributed by atoms with E-state index in [1.54, 1.807) is 0 Å². The summed E-state index contributed by atoms with van der Waals surface area (Å²) in [4.78, 5) is 55.0. The Morgan fingerprint density at radius 3 is 1.68 bits per heavy atom. The van der Waals surface area contributed by atoms with Crippen molar-refractivity contribution in [2.45, 2.75) is 121 Å². The smallest absolute Gasteiger partial charge is 0.480 e. The van der Waals surface area contributed by atoms with Gasteiger partial charge in [0.05, 0.1) is 6.04 Å². The molecule has 0 radical (unpaired) electrons. The molecule has 2 unspecified atom stereocenters. The Morgan fingerprint density at radius 2 is 1.23 bits per heavy atom. The molecule has 0 spiro atoms. The Balaban J connectivity index is 0. The first kappa shape index (κ1) is 39.2. The van der Waals surface area contributed by atoms with Crippen LogP contribution >= 0.6 is 0 Å². The number of halogens is 3. The van der Waals surface area contributed by atoms with Gasteiger partial charge in [-0.05, 0) is 32.1 Å². The van der Waals surface area contributed by atoms with Crippen LogP contribution in [-0.4, -0.2) is 75.9 Å². The number of carboxylic acid groups (broad SMARTS) is 3. The maximum Gasteiger partial charge on any atom is 0.490 e. The monoisotopic (exact) mass is 586 g/mol. The highest BCUT2D eigenvalue weighted by molar-refractivity contribution is 5.85. The first-order valence-corrected chi connectivity index (χ1v) is 13.5. The number of amides is 2. The highest BCUT2D eigenvalue weighted by atomic mass is 19.4. The Bertz CT molecular complexity index is 769. The Hall–Kier alpha value is -2.94. The summed E-state index contributed by atoms with van der Waals surface area (Å²) in [6, 6.07) is -3.05. The third-order valence-corrected chi connectivity index (χ3v) is 5.80. The Labute approximate surface area is 232 Å². The van der Waals surface area contributed by atoms with Crippen LogP contribution in [0.1, 0.15) is 96.8 Å². The molecule has 0 heterocycles. The molecule has 15 heteroatoms. The van der Waals surface area contributed by atoms with Crippen molar-refractivity contribution in [3.63, 3.8) is 0 Å². The molecule has 0 saturated heterocycles. The van der Waals surface area contributed by atoms with Gasteiger partial charge < -0.3 is 37.4 Å². The lowest BCUT2D eigenvalue weighted by Gasteiger charge is -2.16. The molecule has 0 aromatic heterocycles. The van der Waals surface area contributed by atoms with Crippen LogP contribution in [0.15, 0.2) is 0 Å². The summed E-state index contributed by atoms with van der Waals surface area (Å²) in [7, 11) is 0. The van der Waals surface area contributed by atoms with Crippen molar-refractivity contribution in [2.24, 2.45) is 11.5 Å². The average Bonchev–Trinajstić information content (AvgIpc) is 2.87. The van der Waals surface area contributed by atoms with Crippen LogP contribution < -0.4 is 22.1 Å². The predicted octanol–water partition coefficient (Wildman–Crippen LogP) is 2.53. The summed E-state index contributed by atoms with van der Waals surface area (Å²) >= 11 is 0. The van der Waals surface area contributed by atoms with Crippen molar-refractivity contribution >= 4 is 29.7 Å². The molecular formula is C25H45F3N4O8. The zero-order chi connectivity index (χ0) is 31.1.